The summed E-state index contributed by atoms with van der Waals surface area (Å²) in [5.41, 5.74) is 0. The van der Waals surface area contributed by atoms with Crippen LogP contribution in [0.3, 0.4) is 0 Å². The summed E-state index contributed by atoms with van der Waals surface area (Å²) in [5, 5.41) is 7.82. The van der Waals surface area contributed by atoms with E-state index in [9.17, 15) is 0 Å². The van der Waals surface area contributed by atoms with E-state index in [1.54, 1.807) is 0 Å². The first-order valence-corrected chi connectivity index (χ1v) is 6.42. The highest BCUT2D eigenvalue weighted by atomic mass is 32.2. The van der Waals surface area contributed by atoms with Crippen LogP contribution in [0.15, 0.2) is 4.52 Å². The molecule has 4 nitrogen and oxygen atoms in total. The van der Waals surface area contributed by atoms with Crippen molar-refractivity contribution < 1.29 is 4.52 Å². The maximum atomic E-state index is 5.20. The van der Waals surface area contributed by atoms with Gasteiger partial charge < -0.3 is 9.84 Å². The number of rotatable bonds is 5. The Morgan fingerprint density at radius 2 is 2.33 bits per heavy atom. The monoisotopic (exact) mass is 227 g/mol. The molecule has 84 valence electrons. The highest BCUT2D eigenvalue weighted by Crippen LogP contribution is 2.16. The van der Waals surface area contributed by atoms with E-state index in [0.717, 1.165) is 37.0 Å². The van der Waals surface area contributed by atoms with Gasteiger partial charge in [-0.1, -0.05) is 19.0 Å². The van der Waals surface area contributed by atoms with Crippen molar-refractivity contribution >= 4 is 11.8 Å². The lowest BCUT2D eigenvalue weighted by atomic mass is 10.00. The van der Waals surface area contributed by atoms with Gasteiger partial charge in [0.2, 0.25) is 5.89 Å². The van der Waals surface area contributed by atoms with Crippen molar-refractivity contribution in [3.63, 3.8) is 0 Å². The Morgan fingerprint density at radius 1 is 1.53 bits per heavy atom. The van der Waals surface area contributed by atoms with Crippen molar-refractivity contribution in [3.8, 4) is 0 Å². The SMILES string of the molecule is CC(C)SCc1noc(CC2CNC2)n1. The number of nitrogens with zero attached hydrogens (tertiary/aromatic N) is 2. The van der Waals surface area contributed by atoms with Crippen LogP contribution >= 0.6 is 11.8 Å². The van der Waals surface area contributed by atoms with Crippen molar-refractivity contribution in [1.29, 1.82) is 0 Å². The summed E-state index contributed by atoms with van der Waals surface area (Å²) in [6, 6.07) is 0. The average Bonchev–Trinajstić information content (AvgIpc) is 2.56. The molecule has 0 bridgehead atoms. The molecule has 0 atom stereocenters. The van der Waals surface area contributed by atoms with Gasteiger partial charge in [-0.3, -0.25) is 0 Å². The molecule has 1 fully saturated rings. The first-order valence-electron chi connectivity index (χ1n) is 5.38. The standard InChI is InChI=1S/C10H17N3OS/c1-7(2)15-6-9-12-10(14-13-9)3-8-4-11-5-8/h7-8,11H,3-6H2,1-2H3. The van der Waals surface area contributed by atoms with Crippen LogP contribution in [-0.4, -0.2) is 28.5 Å². The van der Waals surface area contributed by atoms with Gasteiger partial charge in [-0.05, 0) is 24.3 Å². The summed E-state index contributed by atoms with van der Waals surface area (Å²) < 4.78 is 5.20. The van der Waals surface area contributed by atoms with E-state index in [2.05, 4.69) is 29.3 Å². The van der Waals surface area contributed by atoms with Gasteiger partial charge in [-0.25, -0.2) is 0 Å². The number of nitrogens with one attached hydrogen (secondary N) is 1. The first kappa shape index (κ1) is 11.0. The molecule has 0 aliphatic carbocycles. The third kappa shape index (κ3) is 3.21. The molecule has 0 aromatic carbocycles. The second kappa shape index (κ2) is 4.99. The van der Waals surface area contributed by atoms with E-state index >= 15 is 0 Å². The summed E-state index contributed by atoms with van der Waals surface area (Å²) in [6.45, 7) is 6.51. The second-order valence-corrected chi connectivity index (χ2v) is 5.76. The summed E-state index contributed by atoms with van der Waals surface area (Å²) >= 11 is 1.84. The Bertz CT molecular complexity index is 309. The quantitative estimate of drug-likeness (QED) is 0.825. The lowest BCUT2D eigenvalue weighted by Gasteiger charge is -2.25. The minimum atomic E-state index is 0.614. The van der Waals surface area contributed by atoms with E-state index in [1.165, 1.54) is 0 Å². The van der Waals surface area contributed by atoms with Crippen molar-refractivity contribution in [1.82, 2.24) is 15.5 Å². The van der Waals surface area contributed by atoms with Gasteiger partial charge in [0.25, 0.3) is 0 Å². The lowest BCUT2D eigenvalue weighted by molar-refractivity contribution is 0.295. The second-order valence-electron chi connectivity index (χ2n) is 4.19. The molecule has 5 heteroatoms. The Hall–Kier alpha value is -0.550. The fourth-order valence-corrected chi connectivity index (χ4v) is 2.01. The van der Waals surface area contributed by atoms with E-state index in [-0.39, 0.29) is 0 Å². The third-order valence-electron chi connectivity index (χ3n) is 2.39. The zero-order valence-corrected chi connectivity index (χ0v) is 10.0. The van der Waals surface area contributed by atoms with Gasteiger partial charge in [0.1, 0.15) is 0 Å². The van der Waals surface area contributed by atoms with Gasteiger partial charge in [-0.2, -0.15) is 16.7 Å². The van der Waals surface area contributed by atoms with Crippen LogP contribution in [0.1, 0.15) is 25.6 Å². The van der Waals surface area contributed by atoms with Gasteiger partial charge in [0.05, 0.1) is 5.75 Å². The maximum absolute atomic E-state index is 5.20. The molecule has 2 heterocycles. The first-order chi connectivity index (χ1) is 7.24. The van der Waals surface area contributed by atoms with Crippen LogP contribution in [0.4, 0.5) is 0 Å². The van der Waals surface area contributed by atoms with Crippen molar-refractivity contribution in [2.24, 2.45) is 5.92 Å². The average molecular weight is 227 g/mol. The molecule has 0 spiro atoms. The molecular weight excluding hydrogens is 210 g/mol. The predicted octanol–water partition coefficient (Wildman–Crippen LogP) is 1.47. The van der Waals surface area contributed by atoms with E-state index in [0.29, 0.717) is 11.2 Å². The molecule has 0 unspecified atom stereocenters. The minimum Gasteiger partial charge on any atom is -0.339 e. The van der Waals surface area contributed by atoms with Crippen LogP contribution in [-0.2, 0) is 12.2 Å². The van der Waals surface area contributed by atoms with Crippen LogP contribution in [0.5, 0.6) is 0 Å². The Morgan fingerprint density at radius 3 is 2.93 bits per heavy atom. The number of aromatic nitrogens is 2. The Balaban J connectivity index is 1.80. The number of hydrogen-bond acceptors (Lipinski definition) is 5. The number of thioether (sulfide) groups is 1. The highest BCUT2D eigenvalue weighted by molar-refractivity contribution is 7.99. The third-order valence-corrected chi connectivity index (χ3v) is 3.48. The molecule has 1 aromatic heterocycles. The topological polar surface area (TPSA) is 51.0 Å². The summed E-state index contributed by atoms with van der Waals surface area (Å²) in [6.07, 6.45) is 0.923. The van der Waals surface area contributed by atoms with Crippen molar-refractivity contribution in [2.45, 2.75) is 31.3 Å². The van der Waals surface area contributed by atoms with Crippen LogP contribution < -0.4 is 5.32 Å². The van der Waals surface area contributed by atoms with E-state index < -0.39 is 0 Å². The molecule has 1 aromatic rings. The zero-order valence-electron chi connectivity index (χ0n) is 9.19. The predicted molar refractivity (Wildman–Crippen MR) is 60.8 cm³/mol. The molecule has 0 radical (unpaired) electrons. The molecule has 1 aliphatic heterocycles. The molecular formula is C10H17N3OS. The van der Waals surface area contributed by atoms with Gasteiger partial charge in [0, 0.05) is 6.42 Å². The molecule has 0 amide bonds. The molecule has 1 N–H and O–H groups in total. The van der Waals surface area contributed by atoms with Crippen LogP contribution in [0.25, 0.3) is 0 Å². The van der Waals surface area contributed by atoms with E-state index in [4.69, 9.17) is 4.52 Å². The normalized spacial score (nSPS) is 17.0. The fourth-order valence-electron chi connectivity index (χ4n) is 1.41. The summed E-state index contributed by atoms with van der Waals surface area (Å²) in [4.78, 5) is 4.38. The largest absolute Gasteiger partial charge is 0.339 e. The minimum absolute atomic E-state index is 0.614. The molecule has 0 saturated carbocycles. The molecule has 1 saturated heterocycles. The molecule has 1 aliphatic rings. The summed E-state index contributed by atoms with van der Waals surface area (Å²) in [5.74, 6) is 3.16. The zero-order chi connectivity index (χ0) is 10.7. The lowest BCUT2D eigenvalue weighted by Crippen LogP contribution is -2.43. The fraction of sp³-hybridized carbons (Fsp3) is 0.800. The van der Waals surface area contributed by atoms with Crippen LogP contribution in [0, 0.1) is 5.92 Å². The molecule has 2 rings (SSSR count). The van der Waals surface area contributed by atoms with Gasteiger partial charge in [0.15, 0.2) is 5.82 Å². The Kier molecular flexibility index (Phi) is 3.64. The number of hydrogen-bond donors (Lipinski definition) is 1. The Labute approximate surface area is 94.2 Å². The van der Waals surface area contributed by atoms with Crippen molar-refractivity contribution in [3.05, 3.63) is 11.7 Å². The summed E-state index contributed by atoms with van der Waals surface area (Å²) in [7, 11) is 0. The van der Waals surface area contributed by atoms with Gasteiger partial charge in [-0.15, -0.1) is 0 Å². The smallest absolute Gasteiger partial charge is 0.227 e. The maximum Gasteiger partial charge on any atom is 0.227 e. The van der Waals surface area contributed by atoms with Crippen molar-refractivity contribution in [2.75, 3.05) is 13.1 Å². The highest BCUT2D eigenvalue weighted by Gasteiger charge is 2.20. The van der Waals surface area contributed by atoms with Crippen LogP contribution in [0.2, 0.25) is 0 Å². The van der Waals surface area contributed by atoms with Gasteiger partial charge >= 0.3 is 0 Å². The van der Waals surface area contributed by atoms with E-state index in [1.807, 2.05) is 11.8 Å². The molecule has 15 heavy (non-hydrogen) atoms.